The number of hydroxylamine groups is 1. The molecule has 0 radical (unpaired) electrons. The van der Waals surface area contributed by atoms with Gasteiger partial charge in [-0.3, -0.25) is 9.59 Å². The van der Waals surface area contributed by atoms with E-state index in [1.807, 2.05) is 5.48 Å². The average molecular weight is 394 g/mol. The lowest BCUT2D eigenvalue weighted by atomic mass is 10.1. The second-order valence-corrected chi connectivity index (χ2v) is 7.99. The van der Waals surface area contributed by atoms with Crippen LogP contribution in [0.25, 0.3) is 0 Å². The Morgan fingerprint density at radius 1 is 1.31 bits per heavy atom. The standard InChI is InChI=1S/C14H26N4O7S/c1-13(2,3)23-12(22)17-25-24-14(4,26)9(15)11(21)18-6-7(19)5-8(18)10(16)20/h7-9,19,26H,5-6,15H2,1-4H3,(H2,16,20)(H,17,22)/t7-,8+,9-,14?/m1/s1. The van der Waals surface area contributed by atoms with Crippen LogP contribution in [0.5, 0.6) is 0 Å². The van der Waals surface area contributed by atoms with Gasteiger partial charge in [0.05, 0.1) is 6.10 Å². The predicted octanol–water partition coefficient (Wildman–Crippen LogP) is -1.21. The Morgan fingerprint density at radius 2 is 1.88 bits per heavy atom. The van der Waals surface area contributed by atoms with Crippen molar-refractivity contribution in [2.24, 2.45) is 11.5 Å². The van der Waals surface area contributed by atoms with Crippen LogP contribution in [0.2, 0.25) is 0 Å². The smallest absolute Gasteiger partial charge is 0.434 e. The summed E-state index contributed by atoms with van der Waals surface area (Å²) in [6, 6.07) is -2.37. The number of hydrogen-bond donors (Lipinski definition) is 5. The minimum absolute atomic E-state index is 0.0225. The number of carbonyl (C=O) groups is 3. The molecule has 0 spiro atoms. The van der Waals surface area contributed by atoms with Crippen LogP contribution in [0.15, 0.2) is 0 Å². The summed E-state index contributed by atoms with van der Waals surface area (Å²) in [6.45, 7) is 6.20. The molecule has 0 aliphatic carbocycles. The number of amides is 3. The molecule has 0 saturated carbocycles. The molecule has 12 heteroatoms. The van der Waals surface area contributed by atoms with Gasteiger partial charge in [0.1, 0.15) is 17.7 Å². The average Bonchev–Trinajstić information content (AvgIpc) is 2.85. The molecule has 0 aromatic carbocycles. The summed E-state index contributed by atoms with van der Waals surface area (Å²) in [5.41, 5.74) is 12.2. The highest BCUT2D eigenvalue weighted by atomic mass is 32.1. The molecule has 4 atom stereocenters. The summed E-state index contributed by atoms with van der Waals surface area (Å²) in [5, 5.41) is 9.67. The molecule has 1 aliphatic rings. The molecule has 1 aliphatic heterocycles. The Kier molecular flexibility index (Phi) is 7.24. The molecule has 1 rings (SSSR count). The second-order valence-electron chi connectivity index (χ2n) is 7.10. The highest BCUT2D eigenvalue weighted by Gasteiger charge is 2.45. The number of likely N-dealkylation sites (tertiary alicyclic amines) is 1. The lowest BCUT2D eigenvalue weighted by Gasteiger charge is -2.32. The van der Waals surface area contributed by atoms with E-state index in [1.165, 1.54) is 6.92 Å². The maximum absolute atomic E-state index is 12.5. The van der Waals surface area contributed by atoms with Crippen LogP contribution in [-0.4, -0.2) is 63.2 Å². The SMILES string of the molecule is CC(C)(C)OC(=O)NOOC(C)(S)[C@H](N)C(=O)N1C[C@H](O)C[C@H]1C(N)=O. The number of ether oxygens (including phenoxy) is 1. The number of carbonyl (C=O) groups excluding carboxylic acids is 3. The fourth-order valence-corrected chi connectivity index (χ4v) is 2.37. The number of primary amides is 1. The van der Waals surface area contributed by atoms with E-state index >= 15 is 0 Å². The fraction of sp³-hybridized carbons (Fsp3) is 0.786. The lowest BCUT2D eigenvalue weighted by molar-refractivity contribution is -0.362. The fourth-order valence-electron chi connectivity index (χ4n) is 2.22. The molecule has 0 aromatic heterocycles. The zero-order chi connectivity index (χ0) is 20.3. The van der Waals surface area contributed by atoms with Crippen molar-refractivity contribution in [1.82, 2.24) is 10.4 Å². The maximum atomic E-state index is 12.5. The normalized spacial score (nSPS) is 23.9. The molecule has 6 N–H and O–H groups in total. The zero-order valence-corrected chi connectivity index (χ0v) is 16.0. The number of β-amino-alcohol motifs (C(OH)–C–C–N with tert-alkyl or cyclic N) is 1. The molecule has 11 nitrogen and oxygen atoms in total. The van der Waals surface area contributed by atoms with Crippen molar-refractivity contribution in [3.05, 3.63) is 0 Å². The van der Waals surface area contributed by atoms with E-state index in [1.54, 1.807) is 20.8 Å². The zero-order valence-electron chi connectivity index (χ0n) is 15.1. The number of aliphatic hydroxyl groups excluding tert-OH is 1. The topological polar surface area (TPSA) is 166 Å². The van der Waals surface area contributed by atoms with Gasteiger partial charge in [0.25, 0.3) is 0 Å². The van der Waals surface area contributed by atoms with Crippen LogP contribution < -0.4 is 16.9 Å². The first-order valence-electron chi connectivity index (χ1n) is 7.84. The van der Waals surface area contributed by atoms with Crippen molar-refractivity contribution in [3.8, 4) is 0 Å². The van der Waals surface area contributed by atoms with Crippen molar-refractivity contribution in [3.63, 3.8) is 0 Å². The first-order valence-corrected chi connectivity index (χ1v) is 8.29. The molecule has 0 aromatic rings. The van der Waals surface area contributed by atoms with Crippen LogP contribution in [0, 0.1) is 0 Å². The van der Waals surface area contributed by atoms with Gasteiger partial charge in [0.15, 0.2) is 4.93 Å². The van der Waals surface area contributed by atoms with Gasteiger partial charge in [-0.15, -0.1) is 17.6 Å². The highest BCUT2D eigenvalue weighted by Crippen LogP contribution is 2.25. The van der Waals surface area contributed by atoms with Crippen molar-refractivity contribution in [1.29, 1.82) is 0 Å². The monoisotopic (exact) mass is 394 g/mol. The van der Waals surface area contributed by atoms with Crippen molar-refractivity contribution < 1.29 is 34.1 Å². The molecule has 1 fully saturated rings. The third-order valence-electron chi connectivity index (χ3n) is 3.47. The van der Waals surface area contributed by atoms with Crippen LogP contribution in [0.1, 0.15) is 34.1 Å². The minimum atomic E-state index is -1.68. The van der Waals surface area contributed by atoms with Crippen molar-refractivity contribution in [2.45, 2.75) is 62.8 Å². The van der Waals surface area contributed by atoms with E-state index in [0.717, 1.165) is 4.90 Å². The maximum Gasteiger partial charge on any atom is 0.434 e. The van der Waals surface area contributed by atoms with Crippen LogP contribution >= 0.6 is 12.6 Å². The van der Waals surface area contributed by atoms with Crippen LogP contribution in [0.3, 0.4) is 0 Å². The predicted molar refractivity (Wildman–Crippen MR) is 92.2 cm³/mol. The molecular weight excluding hydrogens is 368 g/mol. The highest BCUT2D eigenvalue weighted by molar-refractivity contribution is 7.81. The Bertz CT molecular complexity index is 552. The molecule has 0 bridgehead atoms. The summed E-state index contributed by atoms with van der Waals surface area (Å²) >= 11 is 4.12. The van der Waals surface area contributed by atoms with Gasteiger partial charge in [0.2, 0.25) is 11.8 Å². The molecule has 1 heterocycles. The molecule has 26 heavy (non-hydrogen) atoms. The summed E-state index contributed by atoms with van der Waals surface area (Å²) in [6.07, 6.45) is -1.78. The Hall–Kier alpha value is -1.60. The first-order chi connectivity index (χ1) is 11.7. The molecular formula is C14H26N4O7S. The van der Waals surface area contributed by atoms with E-state index in [4.69, 9.17) is 21.1 Å². The van der Waals surface area contributed by atoms with Gasteiger partial charge >= 0.3 is 6.09 Å². The van der Waals surface area contributed by atoms with Gasteiger partial charge < -0.3 is 26.2 Å². The lowest BCUT2D eigenvalue weighted by Crippen LogP contribution is -2.57. The molecule has 1 unspecified atom stereocenters. The van der Waals surface area contributed by atoms with Crippen molar-refractivity contribution >= 4 is 30.5 Å². The third-order valence-corrected chi connectivity index (χ3v) is 3.82. The first kappa shape index (κ1) is 22.4. The number of aliphatic hydroxyl groups is 1. The summed E-state index contributed by atoms with van der Waals surface area (Å²) in [5.74, 6) is -1.48. The Morgan fingerprint density at radius 3 is 2.38 bits per heavy atom. The number of rotatable bonds is 6. The van der Waals surface area contributed by atoms with E-state index in [2.05, 4.69) is 17.6 Å². The number of nitrogens with two attached hydrogens (primary N) is 2. The number of nitrogens with zero attached hydrogens (tertiary/aromatic N) is 1. The summed E-state index contributed by atoms with van der Waals surface area (Å²) in [4.78, 5) is 44.2. The van der Waals surface area contributed by atoms with Crippen LogP contribution in [-0.2, 0) is 24.2 Å². The Labute approximate surface area is 156 Å². The number of thiol groups is 1. The van der Waals surface area contributed by atoms with Crippen molar-refractivity contribution in [2.75, 3.05) is 6.54 Å². The molecule has 1 saturated heterocycles. The second kappa shape index (κ2) is 8.39. The summed E-state index contributed by atoms with van der Waals surface area (Å²) in [7, 11) is 0. The van der Waals surface area contributed by atoms with Gasteiger partial charge in [-0.25, -0.2) is 4.79 Å². The Balaban J connectivity index is 2.63. The van der Waals surface area contributed by atoms with E-state index in [0.29, 0.717) is 0 Å². The van der Waals surface area contributed by atoms with E-state index < -0.39 is 46.6 Å². The molecule has 3 amide bonds. The van der Waals surface area contributed by atoms with E-state index in [-0.39, 0.29) is 13.0 Å². The van der Waals surface area contributed by atoms with Gasteiger partial charge in [-0.05, 0) is 27.7 Å². The minimum Gasteiger partial charge on any atom is -0.442 e. The van der Waals surface area contributed by atoms with Gasteiger partial charge in [0, 0.05) is 13.0 Å². The number of nitrogens with one attached hydrogen (secondary N) is 1. The van der Waals surface area contributed by atoms with Gasteiger partial charge in [-0.1, -0.05) is 0 Å². The van der Waals surface area contributed by atoms with Crippen LogP contribution in [0.4, 0.5) is 4.79 Å². The third kappa shape index (κ3) is 6.29. The van der Waals surface area contributed by atoms with E-state index in [9.17, 15) is 19.5 Å². The largest absolute Gasteiger partial charge is 0.442 e. The van der Waals surface area contributed by atoms with Gasteiger partial charge in [-0.2, -0.15) is 10.4 Å². The quantitative estimate of drug-likeness (QED) is 0.162. The number of hydrogen-bond acceptors (Lipinski definition) is 9. The summed E-state index contributed by atoms with van der Waals surface area (Å²) < 4.78 is 4.93. The molecule has 150 valence electrons.